The minimum Gasteiger partial charge on any atom is -0.294 e. The first-order valence-corrected chi connectivity index (χ1v) is 7.31. The zero-order valence-electron chi connectivity index (χ0n) is 12.0. The maximum Gasteiger partial charge on any atom is 0.314 e. The van der Waals surface area contributed by atoms with E-state index >= 15 is 0 Å². The second kappa shape index (κ2) is 4.98. The second-order valence-electron chi connectivity index (χ2n) is 5.72. The maximum atomic E-state index is 12.3. The van der Waals surface area contributed by atoms with Gasteiger partial charge in [-0.15, -0.1) is 0 Å². The molecule has 2 aromatic rings. The summed E-state index contributed by atoms with van der Waals surface area (Å²) in [5, 5.41) is 0. The third-order valence-corrected chi connectivity index (χ3v) is 3.97. The van der Waals surface area contributed by atoms with Crippen LogP contribution in [0.15, 0.2) is 23.0 Å². The van der Waals surface area contributed by atoms with E-state index in [1.54, 1.807) is 45.9 Å². The Morgan fingerprint density at radius 2 is 1.90 bits per heavy atom. The molecule has 0 radical (unpaired) electrons. The summed E-state index contributed by atoms with van der Waals surface area (Å²) in [7, 11) is 0. The van der Waals surface area contributed by atoms with Crippen LogP contribution in [0.4, 0.5) is 0 Å². The predicted octanol–water partition coefficient (Wildman–Crippen LogP) is 3.34. The summed E-state index contributed by atoms with van der Waals surface area (Å²) in [6.07, 6.45) is 0.419. The summed E-state index contributed by atoms with van der Waals surface area (Å²) in [5.41, 5.74) is 0.527. The van der Waals surface area contributed by atoms with Crippen molar-refractivity contribution in [1.82, 2.24) is 4.57 Å². The highest BCUT2D eigenvalue weighted by atomic mass is 32.1. The van der Waals surface area contributed by atoms with E-state index in [0.29, 0.717) is 22.2 Å². The molecule has 0 amide bonds. The molecule has 1 aromatic carbocycles. The van der Waals surface area contributed by atoms with Gasteiger partial charge in [0.05, 0.1) is 10.2 Å². The van der Waals surface area contributed by atoms with Crippen LogP contribution < -0.4 is 4.87 Å². The molecule has 106 valence electrons. The number of benzene rings is 1. The highest BCUT2D eigenvalue weighted by Crippen LogP contribution is 2.24. The average Bonchev–Trinajstić information content (AvgIpc) is 2.70. The molecule has 0 saturated heterocycles. The molecule has 0 aliphatic rings. The van der Waals surface area contributed by atoms with Crippen LogP contribution in [0, 0.1) is 5.41 Å². The fourth-order valence-electron chi connectivity index (χ4n) is 1.92. The molecule has 1 heterocycles. The lowest BCUT2D eigenvalue weighted by Crippen LogP contribution is -2.32. The molecule has 0 unspecified atom stereocenters. The van der Waals surface area contributed by atoms with Crippen LogP contribution in [0.5, 0.6) is 0 Å². The van der Waals surface area contributed by atoms with Crippen molar-refractivity contribution in [3.05, 3.63) is 33.4 Å². The third-order valence-electron chi connectivity index (χ3n) is 3.07. The van der Waals surface area contributed by atoms with Crippen molar-refractivity contribution < 1.29 is 9.59 Å². The Bertz CT molecular complexity index is 747. The molecule has 0 aliphatic heterocycles. The summed E-state index contributed by atoms with van der Waals surface area (Å²) in [6, 6.07) is 5.05. The van der Waals surface area contributed by atoms with Crippen molar-refractivity contribution in [2.24, 2.45) is 5.41 Å². The zero-order valence-corrected chi connectivity index (χ0v) is 12.8. The lowest BCUT2D eigenvalue weighted by Gasteiger charge is -2.16. The first-order chi connectivity index (χ1) is 9.25. The highest BCUT2D eigenvalue weighted by Gasteiger charge is 2.26. The van der Waals surface area contributed by atoms with Crippen LogP contribution in [0.25, 0.3) is 10.2 Å². The SMILES string of the molecule is CCC(=O)c1ccc2c(c1)sc(=O)n2C(=O)C(C)(C)C. The van der Waals surface area contributed by atoms with E-state index < -0.39 is 5.41 Å². The van der Waals surface area contributed by atoms with E-state index in [2.05, 4.69) is 0 Å². The number of ketones is 1. The van der Waals surface area contributed by atoms with Crippen molar-refractivity contribution in [3.63, 3.8) is 0 Å². The number of fused-ring (bicyclic) bond motifs is 1. The van der Waals surface area contributed by atoms with Gasteiger partial charge in [-0.3, -0.25) is 14.4 Å². The molecule has 0 saturated carbocycles. The number of Topliss-reactive ketones (excluding diaryl/α,β-unsaturated/α-hetero) is 1. The van der Waals surface area contributed by atoms with E-state index in [-0.39, 0.29) is 16.6 Å². The quantitative estimate of drug-likeness (QED) is 0.797. The molecule has 2 rings (SSSR count). The first kappa shape index (κ1) is 14.7. The Morgan fingerprint density at radius 3 is 2.45 bits per heavy atom. The van der Waals surface area contributed by atoms with Crippen molar-refractivity contribution in [2.75, 3.05) is 0 Å². The highest BCUT2D eigenvalue weighted by molar-refractivity contribution is 7.16. The average molecular weight is 291 g/mol. The molecule has 20 heavy (non-hydrogen) atoms. The molecule has 0 spiro atoms. The Morgan fingerprint density at radius 1 is 1.25 bits per heavy atom. The smallest absolute Gasteiger partial charge is 0.294 e. The number of carbonyl (C=O) groups excluding carboxylic acids is 2. The molecule has 0 bridgehead atoms. The van der Waals surface area contributed by atoms with E-state index in [0.717, 1.165) is 11.3 Å². The molecular weight excluding hydrogens is 274 g/mol. The minimum absolute atomic E-state index is 0.0291. The Labute approximate surface area is 121 Å². The van der Waals surface area contributed by atoms with Crippen molar-refractivity contribution in [3.8, 4) is 0 Å². The van der Waals surface area contributed by atoms with Gasteiger partial charge in [0.2, 0.25) is 5.91 Å². The van der Waals surface area contributed by atoms with Crippen LogP contribution in [0.1, 0.15) is 49.3 Å². The molecule has 1 aromatic heterocycles. The Balaban J connectivity index is 2.65. The number of aromatic nitrogens is 1. The standard InChI is InChI=1S/C15H17NO3S/c1-5-11(17)9-6-7-10-12(8-9)20-14(19)16(10)13(18)15(2,3)4/h6-8H,5H2,1-4H3. The van der Waals surface area contributed by atoms with Crippen LogP contribution >= 0.6 is 11.3 Å². The van der Waals surface area contributed by atoms with E-state index in [9.17, 15) is 14.4 Å². The largest absolute Gasteiger partial charge is 0.314 e. The molecule has 0 atom stereocenters. The van der Waals surface area contributed by atoms with Crippen LogP contribution in [0.3, 0.4) is 0 Å². The minimum atomic E-state index is -0.629. The normalized spacial score (nSPS) is 11.8. The Kier molecular flexibility index (Phi) is 3.65. The van der Waals surface area contributed by atoms with Gasteiger partial charge in [0.25, 0.3) is 0 Å². The van der Waals surface area contributed by atoms with Crippen LogP contribution in [0.2, 0.25) is 0 Å². The van der Waals surface area contributed by atoms with Gasteiger partial charge in [-0.05, 0) is 18.2 Å². The summed E-state index contributed by atoms with van der Waals surface area (Å²) >= 11 is 1.000. The van der Waals surface area contributed by atoms with Gasteiger partial charge in [0.1, 0.15) is 0 Å². The van der Waals surface area contributed by atoms with Gasteiger partial charge >= 0.3 is 4.87 Å². The summed E-state index contributed by atoms with van der Waals surface area (Å²) in [5.74, 6) is -0.204. The number of rotatable bonds is 2. The molecule has 0 N–H and O–H groups in total. The van der Waals surface area contributed by atoms with Gasteiger partial charge in [-0.1, -0.05) is 39.0 Å². The van der Waals surface area contributed by atoms with Crippen molar-refractivity contribution in [1.29, 1.82) is 0 Å². The topological polar surface area (TPSA) is 56.1 Å². The molecule has 0 aliphatic carbocycles. The zero-order chi connectivity index (χ0) is 15.1. The van der Waals surface area contributed by atoms with Gasteiger partial charge in [0.15, 0.2) is 5.78 Å². The monoisotopic (exact) mass is 291 g/mol. The fraction of sp³-hybridized carbons (Fsp3) is 0.400. The lowest BCUT2D eigenvalue weighted by atomic mass is 9.95. The number of carbonyl (C=O) groups is 2. The van der Waals surface area contributed by atoms with E-state index in [1.807, 2.05) is 0 Å². The molecular formula is C15H17NO3S. The molecule has 0 fully saturated rings. The summed E-state index contributed by atoms with van der Waals surface area (Å²) in [6.45, 7) is 7.13. The van der Waals surface area contributed by atoms with Gasteiger partial charge in [-0.2, -0.15) is 0 Å². The summed E-state index contributed by atoms with van der Waals surface area (Å²) in [4.78, 5) is 35.8. The van der Waals surface area contributed by atoms with Crippen molar-refractivity contribution in [2.45, 2.75) is 34.1 Å². The van der Waals surface area contributed by atoms with E-state index in [1.165, 1.54) is 4.57 Å². The molecule has 4 nitrogen and oxygen atoms in total. The third kappa shape index (κ3) is 2.45. The maximum absolute atomic E-state index is 12.3. The van der Waals surface area contributed by atoms with Gasteiger partial charge < -0.3 is 0 Å². The van der Waals surface area contributed by atoms with Crippen LogP contribution in [-0.2, 0) is 0 Å². The fourth-order valence-corrected chi connectivity index (χ4v) is 2.83. The first-order valence-electron chi connectivity index (χ1n) is 6.49. The number of nitrogens with zero attached hydrogens (tertiary/aromatic N) is 1. The predicted molar refractivity (Wildman–Crippen MR) is 80.8 cm³/mol. The van der Waals surface area contributed by atoms with Crippen LogP contribution in [-0.4, -0.2) is 16.3 Å². The number of hydrogen-bond donors (Lipinski definition) is 0. The van der Waals surface area contributed by atoms with Crippen molar-refractivity contribution >= 4 is 33.2 Å². The lowest BCUT2D eigenvalue weighted by molar-refractivity contribution is 0.0769. The number of thiazole rings is 1. The number of hydrogen-bond acceptors (Lipinski definition) is 4. The second-order valence-corrected chi connectivity index (χ2v) is 6.71. The Hall–Kier alpha value is -1.75. The molecule has 5 heteroatoms. The van der Waals surface area contributed by atoms with Gasteiger partial charge in [0, 0.05) is 17.4 Å². The van der Waals surface area contributed by atoms with Gasteiger partial charge in [-0.25, -0.2) is 4.57 Å². The summed E-state index contributed by atoms with van der Waals surface area (Å²) < 4.78 is 1.88. The van der Waals surface area contributed by atoms with E-state index in [4.69, 9.17) is 0 Å².